The lowest BCUT2D eigenvalue weighted by atomic mass is 10.1. The lowest BCUT2D eigenvalue weighted by Crippen LogP contribution is -2.44. The van der Waals surface area contributed by atoms with Gasteiger partial charge in [-0.05, 0) is 18.1 Å². The van der Waals surface area contributed by atoms with Gasteiger partial charge in [0.15, 0.2) is 0 Å². The molecule has 1 atom stereocenters. The van der Waals surface area contributed by atoms with Crippen LogP contribution < -0.4 is 10.4 Å². The molecule has 0 saturated carbocycles. The second-order valence-corrected chi connectivity index (χ2v) is 5.05. The number of carboxylic acids is 1. The summed E-state index contributed by atoms with van der Waals surface area (Å²) >= 11 is 0. The van der Waals surface area contributed by atoms with Crippen LogP contribution in [-0.4, -0.2) is 29.8 Å². The Hall–Kier alpha value is -2.24. The highest BCUT2D eigenvalue weighted by Gasteiger charge is 2.27. The zero-order valence-corrected chi connectivity index (χ0v) is 11.5. The molecule has 0 bridgehead atoms. The minimum Gasteiger partial charge on any atom is -0.478 e. The molecule has 0 aliphatic carbocycles. The molecule has 0 radical (unpaired) electrons. The Morgan fingerprint density at radius 2 is 2.05 bits per heavy atom. The Bertz CT molecular complexity index is 516. The number of hydrogen-bond donors (Lipinski definition) is 2. The van der Waals surface area contributed by atoms with Crippen molar-refractivity contribution in [3.05, 3.63) is 29.8 Å². The first kappa shape index (κ1) is 14.2. The van der Waals surface area contributed by atoms with E-state index in [-0.39, 0.29) is 5.92 Å². The van der Waals surface area contributed by atoms with Gasteiger partial charge in [0.25, 0.3) is 0 Å². The second kappa shape index (κ2) is 5.81. The van der Waals surface area contributed by atoms with Crippen LogP contribution in [0.2, 0.25) is 0 Å². The number of carbonyl (C=O) groups is 2. The normalized spacial score (nSPS) is 14.8. The number of fused-ring (bicyclic) bond motifs is 1. The van der Waals surface area contributed by atoms with Crippen LogP contribution in [0.3, 0.4) is 0 Å². The predicted octanol–water partition coefficient (Wildman–Crippen LogP) is 1.80. The number of para-hydroxylation sites is 1. The summed E-state index contributed by atoms with van der Waals surface area (Å²) in [4.78, 5) is 22.8. The minimum atomic E-state index is -1.15. The average Bonchev–Trinajstić information content (AvgIpc) is 2.79. The summed E-state index contributed by atoms with van der Waals surface area (Å²) < 4.78 is 4.96. The van der Waals surface area contributed by atoms with E-state index in [0.717, 1.165) is 17.7 Å². The number of carbonyl (C=O) groups excluding carboxylic acids is 1. The van der Waals surface area contributed by atoms with E-state index in [1.807, 2.05) is 24.3 Å². The molecule has 0 aromatic heterocycles. The van der Waals surface area contributed by atoms with Crippen molar-refractivity contribution in [2.75, 3.05) is 11.6 Å². The van der Waals surface area contributed by atoms with Gasteiger partial charge >= 0.3 is 12.1 Å². The van der Waals surface area contributed by atoms with Crippen LogP contribution in [0.15, 0.2) is 24.3 Å². The SMILES string of the molecule is CC(C)[C@H](OC(=O)NN1CCc2ccccc21)C(=O)O. The number of hydrazine groups is 1. The van der Waals surface area contributed by atoms with Crippen molar-refractivity contribution in [3.8, 4) is 0 Å². The highest BCUT2D eigenvalue weighted by molar-refractivity contribution is 5.78. The Morgan fingerprint density at radius 3 is 2.70 bits per heavy atom. The van der Waals surface area contributed by atoms with Crippen molar-refractivity contribution in [3.63, 3.8) is 0 Å². The number of carboxylic acid groups (broad SMARTS) is 1. The number of aliphatic carboxylic acids is 1. The molecular formula is C14H18N2O4. The Balaban J connectivity index is 1.98. The third-order valence-electron chi connectivity index (χ3n) is 3.20. The fraction of sp³-hybridized carbons (Fsp3) is 0.429. The van der Waals surface area contributed by atoms with Gasteiger partial charge in [0.05, 0.1) is 5.69 Å². The van der Waals surface area contributed by atoms with E-state index in [1.54, 1.807) is 18.9 Å². The fourth-order valence-corrected chi connectivity index (χ4v) is 2.18. The van der Waals surface area contributed by atoms with Gasteiger partial charge in [0.1, 0.15) is 0 Å². The molecular weight excluding hydrogens is 260 g/mol. The molecule has 0 spiro atoms. The van der Waals surface area contributed by atoms with E-state index in [1.165, 1.54) is 0 Å². The molecule has 1 aliphatic heterocycles. The molecule has 1 aromatic carbocycles. The van der Waals surface area contributed by atoms with Crippen LogP contribution in [0.25, 0.3) is 0 Å². The maximum absolute atomic E-state index is 11.8. The summed E-state index contributed by atoms with van der Waals surface area (Å²) in [7, 11) is 0. The van der Waals surface area contributed by atoms with Crippen LogP contribution in [-0.2, 0) is 16.0 Å². The van der Waals surface area contributed by atoms with Crippen LogP contribution in [0.5, 0.6) is 0 Å². The number of nitrogens with one attached hydrogen (secondary N) is 1. The van der Waals surface area contributed by atoms with Gasteiger partial charge in [-0.2, -0.15) is 0 Å². The summed E-state index contributed by atoms with van der Waals surface area (Å²) in [5.41, 5.74) is 4.65. The fourth-order valence-electron chi connectivity index (χ4n) is 2.18. The second-order valence-electron chi connectivity index (χ2n) is 5.05. The van der Waals surface area contributed by atoms with Gasteiger partial charge < -0.3 is 9.84 Å². The predicted molar refractivity (Wildman–Crippen MR) is 73.4 cm³/mol. The summed E-state index contributed by atoms with van der Waals surface area (Å²) in [6.45, 7) is 4.03. The number of nitrogens with zero attached hydrogens (tertiary/aromatic N) is 1. The summed E-state index contributed by atoms with van der Waals surface area (Å²) in [5, 5.41) is 10.7. The van der Waals surface area contributed by atoms with Crippen molar-refractivity contribution in [2.45, 2.75) is 26.4 Å². The first-order valence-corrected chi connectivity index (χ1v) is 6.54. The number of anilines is 1. The molecule has 0 unspecified atom stereocenters. The molecule has 6 nitrogen and oxygen atoms in total. The molecule has 1 aliphatic rings. The maximum atomic E-state index is 11.8. The molecule has 2 rings (SSSR count). The van der Waals surface area contributed by atoms with Crippen molar-refractivity contribution in [1.82, 2.24) is 5.43 Å². The van der Waals surface area contributed by atoms with Gasteiger partial charge in [-0.15, -0.1) is 0 Å². The molecule has 108 valence electrons. The minimum absolute atomic E-state index is 0.288. The molecule has 20 heavy (non-hydrogen) atoms. The van der Waals surface area contributed by atoms with E-state index in [2.05, 4.69) is 5.43 Å². The van der Waals surface area contributed by atoms with Crippen LogP contribution in [0.1, 0.15) is 19.4 Å². The first-order chi connectivity index (χ1) is 9.49. The Morgan fingerprint density at radius 1 is 1.35 bits per heavy atom. The molecule has 1 amide bonds. The van der Waals surface area contributed by atoms with Crippen molar-refractivity contribution in [1.29, 1.82) is 0 Å². The zero-order chi connectivity index (χ0) is 14.7. The lowest BCUT2D eigenvalue weighted by Gasteiger charge is -2.22. The smallest absolute Gasteiger partial charge is 0.427 e. The van der Waals surface area contributed by atoms with E-state index in [4.69, 9.17) is 9.84 Å². The van der Waals surface area contributed by atoms with Crippen molar-refractivity contribution in [2.24, 2.45) is 5.92 Å². The molecule has 0 saturated heterocycles. The van der Waals surface area contributed by atoms with Gasteiger partial charge in [-0.1, -0.05) is 32.0 Å². The van der Waals surface area contributed by atoms with Crippen LogP contribution >= 0.6 is 0 Å². The van der Waals surface area contributed by atoms with E-state index < -0.39 is 18.2 Å². The quantitative estimate of drug-likeness (QED) is 0.878. The maximum Gasteiger partial charge on any atom is 0.427 e. The topological polar surface area (TPSA) is 78.9 Å². The summed E-state index contributed by atoms with van der Waals surface area (Å²) in [5.74, 6) is -1.43. The molecule has 1 aromatic rings. The van der Waals surface area contributed by atoms with Gasteiger partial charge in [-0.25, -0.2) is 15.0 Å². The number of benzene rings is 1. The molecule has 2 N–H and O–H groups in total. The Kier molecular flexibility index (Phi) is 4.12. The number of rotatable bonds is 4. The van der Waals surface area contributed by atoms with Gasteiger partial charge in [0, 0.05) is 12.5 Å². The third kappa shape index (κ3) is 3.01. The first-order valence-electron chi connectivity index (χ1n) is 6.54. The highest BCUT2D eigenvalue weighted by Crippen LogP contribution is 2.25. The summed E-state index contributed by atoms with van der Waals surface area (Å²) in [6.07, 6.45) is -1.06. The van der Waals surface area contributed by atoms with Crippen molar-refractivity contribution >= 4 is 17.7 Å². The van der Waals surface area contributed by atoms with Crippen LogP contribution in [0.4, 0.5) is 10.5 Å². The number of hydrogen-bond acceptors (Lipinski definition) is 4. The number of ether oxygens (including phenoxy) is 1. The molecule has 1 heterocycles. The zero-order valence-electron chi connectivity index (χ0n) is 11.5. The van der Waals surface area contributed by atoms with Crippen LogP contribution in [0, 0.1) is 5.92 Å². The monoisotopic (exact) mass is 278 g/mol. The van der Waals surface area contributed by atoms with E-state index >= 15 is 0 Å². The number of amides is 1. The standard InChI is InChI=1S/C14H18N2O4/c1-9(2)12(13(17)18)20-14(19)15-16-8-7-10-5-3-4-6-11(10)16/h3-6,9,12H,7-8H2,1-2H3,(H,15,19)(H,17,18)/t12-/m0/s1. The van der Waals surface area contributed by atoms with Gasteiger partial charge in [-0.3, -0.25) is 5.01 Å². The van der Waals surface area contributed by atoms with E-state index in [9.17, 15) is 9.59 Å². The van der Waals surface area contributed by atoms with Gasteiger partial charge in [0.2, 0.25) is 6.10 Å². The summed E-state index contributed by atoms with van der Waals surface area (Å²) in [6, 6.07) is 7.73. The van der Waals surface area contributed by atoms with E-state index in [0.29, 0.717) is 6.54 Å². The third-order valence-corrected chi connectivity index (χ3v) is 3.20. The lowest BCUT2D eigenvalue weighted by molar-refractivity contribution is -0.149. The molecule has 6 heteroatoms. The average molecular weight is 278 g/mol. The van der Waals surface area contributed by atoms with Crippen molar-refractivity contribution < 1.29 is 19.4 Å². The largest absolute Gasteiger partial charge is 0.478 e. The highest BCUT2D eigenvalue weighted by atomic mass is 16.6. The Labute approximate surface area is 117 Å². The molecule has 0 fully saturated rings.